The van der Waals surface area contributed by atoms with Crippen molar-refractivity contribution in [2.24, 2.45) is 0 Å². The van der Waals surface area contributed by atoms with Crippen molar-refractivity contribution in [2.75, 3.05) is 0 Å². The minimum Gasteiger partial charge on any atom is -0.310 e. The molecule has 21 heavy (non-hydrogen) atoms. The second-order valence-corrected chi connectivity index (χ2v) is 8.10. The number of thiophene rings is 1. The van der Waals surface area contributed by atoms with Gasteiger partial charge in [0.1, 0.15) is 4.21 Å². The number of rotatable bonds is 7. The van der Waals surface area contributed by atoms with E-state index in [-0.39, 0.29) is 6.54 Å². The minimum atomic E-state index is -3.46. The topological polar surface area (TPSA) is 71.1 Å². The SMILES string of the molecule is CC(C)NCc1ccc(S(=O)(=O)NCc2cccnc2)s1. The molecular formula is C14H19N3O2S2. The minimum absolute atomic E-state index is 0.244. The van der Waals surface area contributed by atoms with Gasteiger partial charge in [0.25, 0.3) is 0 Å². The molecular weight excluding hydrogens is 306 g/mol. The van der Waals surface area contributed by atoms with Gasteiger partial charge in [0.15, 0.2) is 0 Å². The molecule has 0 aliphatic heterocycles. The van der Waals surface area contributed by atoms with E-state index in [2.05, 4.69) is 28.9 Å². The molecule has 0 aliphatic carbocycles. The van der Waals surface area contributed by atoms with Gasteiger partial charge in [-0.3, -0.25) is 4.98 Å². The highest BCUT2D eigenvalue weighted by atomic mass is 32.2. The maximum atomic E-state index is 12.2. The molecule has 0 aliphatic rings. The van der Waals surface area contributed by atoms with Gasteiger partial charge < -0.3 is 5.32 Å². The van der Waals surface area contributed by atoms with Crippen LogP contribution >= 0.6 is 11.3 Å². The fourth-order valence-corrected chi connectivity index (χ4v) is 4.02. The van der Waals surface area contributed by atoms with Crippen molar-refractivity contribution in [3.63, 3.8) is 0 Å². The van der Waals surface area contributed by atoms with Crippen LogP contribution in [0.15, 0.2) is 40.9 Å². The molecule has 5 nitrogen and oxygen atoms in total. The lowest BCUT2D eigenvalue weighted by atomic mass is 10.3. The van der Waals surface area contributed by atoms with Crippen molar-refractivity contribution in [2.45, 2.75) is 37.2 Å². The quantitative estimate of drug-likeness (QED) is 0.818. The number of pyridine rings is 1. The molecule has 0 bridgehead atoms. The first-order valence-electron chi connectivity index (χ1n) is 6.68. The Balaban J connectivity index is 1.99. The Morgan fingerprint density at radius 3 is 2.71 bits per heavy atom. The summed E-state index contributed by atoms with van der Waals surface area (Å²) in [5, 5.41) is 3.27. The average molecular weight is 325 g/mol. The van der Waals surface area contributed by atoms with E-state index in [1.54, 1.807) is 24.5 Å². The van der Waals surface area contributed by atoms with Crippen molar-refractivity contribution < 1.29 is 8.42 Å². The Hall–Kier alpha value is -1.28. The Morgan fingerprint density at radius 2 is 2.05 bits per heavy atom. The van der Waals surface area contributed by atoms with E-state index >= 15 is 0 Å². The number of nitrogens with one attached hydrogen (secondary N) is 2. The normalized spacial score (nSPS) is 12.0. The van der Waals surface area contributed by atoms with Gasteiger partial charge >= 0.3 is 0 Å². The lowest BCUT2D eigenvalue weighted by molar-refractivity contribution is 0.583. The van der Waals surface area contributed by atoms with Gasteiger partial charge in [-0.1, -0.05) is 19.9 Å². The first kappa shape index (κ1) is 16.1. The van der Waals surface area contributed by atoms with E-state index in [9.17, 15) is 8.42 Å². The molecule has 114 valence electrons. The van der Waals surface area contributed by atoms with Crippen molar-refractivity contribution in [1.82, 2.24) is 15.0 Å². The summed E-state index contributed by atoms with van der Waals surface area (Å²) in [5.41, 5.74) is 0.833. The fraction of sp³-hybridized carbons (Fsp3) is 0.357. The fourth-order valence-electron chi connectivity index (χ4n) is 1.65. The zero-order chi connectivity index (χ0) is 15.3. The average Bonchev–Trinajstić information content (AvgIpc) is 2.94. The molecule has 0 spiro atoms. The summed E-state index contributed by atoms with van der Waals surface area (Å²) >= 11 is 1.29. The summed E-state index contributed by atoms with van der Waals surface area (Å²) in [4.78, 5) is 4.97. The molecule has 7 heteroatoms. The highest BCUT2D eigenvalue weighted by molar-refractivity contribution is 7.91. The third-order valence-electron chi connectivity index (χ3n) is 2.78. The largest absolute Gasteiger partial charge is 0.310 e. The van der Waals surface area contributed by atoms with E-state index < -0.39 is 10.0 Å². The van der Waals surface area contributed by atoms with Crippen LogP contribution in [0.3, 0.4) is 0 Å². The summed E-state index contributed by atoms with van der Waals surface area (Å²) in [5.74, 6) is 0. The summed E-state index contributed by atoms with van der Waals surface area (Å²) in [6.07, 6.45) is 3.31. The van der Waals surface area contributed by atoms with Crippen molar-refractivity contribution in [1.29, 1.82) is 0 Å². The molecule has 2 N–H and O–H groups in total. The summed E-state index contributed by atoms with van der Waals surface area (Å²) < 4.78 is 27.4. The molecule has 2 aromatic rings. The van der Waals surface area contributed by atoms with Gasteiger partial charge in [0.2, 0.25) is 10.0 Å². The number of hydrogen-bond acceptors (Lipinski definition) is 5. The number of hydrogen-bond donors (Lipinski definition) is 2. The standard InChI is InChI=1S/C14H19N3O2S2/c1-11(2)16-10-13-5-6-14(20-13)21(18,19)17-9-12-4-3-7-15-8-12/h3-8,11,16-17H,9-10H2,1-2H3. The second-order valence-electron chi connectivity index (χ2n) is 4.94. The lowest BCUT2D eigenvalue weighted by Gasteiger charge is -2.06. The summed E-state index contributed by atoms with van der Waals surface area (Å²) in [6, 6.07) is 7.48. The molecule has 0 fully saturated rings. The van der Waals surface area contributed by atoms with Crippen LogP contribution in [-0.2, 0) is 23.1 Å². The predicted molar refractivity (Wildman–Crippen MR) is 84.6 cm³/mol. The van der Waals surface area contributed by atoms with Crippen LogP contribution in [0.5, 0.6) is 0 Å². The third kappa shape index (κ3) is 4.89. The number of sulfonamides is 1. The highest BCUT2D eigenvalue weighted by Gasteiger charge is 2.16. The monoisotopic (exact) mass is 325 g/mol. The predicted octanol–water partition coefficient (Wildman–Crippen LogP) is 2.12. The molecule has 2 heterocycles. The van der Waals surface area contributed by atoms with Gasteiger partial charge in [-0.05, 0) is 23.8 Å². The van der Waals surface area contributed by atoms with Gasteiger partial charge in [0.05, 0.1) is 0 Å². The first-order chi connectivity index (χ1) is 9.97. The van der Waals surface area contributed by atoms with Crippen LogP contribution in [0.25, 0.3) is 0 Å². The van der Waals surface area contributed by atoms with Crippen molar-refractivity contribution in [3.8, 4) is 0 Å². The number of nitrogens with zero attached hydrogens (tertiary/aromatic N) is 1. The van der Waals surface area contributed by atoms with E-state index in [1.165, 1.54) is 11.3 Å². The number of aromatic nitrogens is 1. The summed E-state index contributed by atoms with van der Waals surface area (Å²) in [6.45, 7) is 5.04. The molecule has 0 saturated carbocycles. The van der Waals surface area contributed by atoms with Gasteiger partial charge in [-0.25, -0.2) is 13.1 Å². The Bertz CT molecular complexity index is 667. The van der Waals surface area contributed by atoms with Crippen LogP contribution in [-0.4, -0.2) is 19.4 Å². The summed E-state index contributed by atoms with van der Waals surface area (Å²) in [7, 11) is -3.46. The molecule has 0 atom stereocenters. The molecule has 0 aromatic carbocycles. The van der Waals surface area contributed by atoms with Crippen molar-refractivity contribution in [3.05, 3.63) is 47.1 Å². The lowest BCUT2D eigenvalue weighted by Crippen LogP contribution is -2.22. The molecule has 0 unspecified atom stereocenters. The molecule has 2 aromatic heterocycles. The van der Waals surface area contributed by atoms with E-state index in [0.29, 0.717) is 16.8 Å². The highest BCUT2D eigenvalue weighted by Crippen LogP contribution is 2.21. The van der Waals surface area contributed by atoms with Crippen LogP contribution in [0, 0.1) is 0 Å². The molecule has 0 saturated heterocycles. The van der Waals surface area contributed by atoms with Gasteiger partial charge in [-0.15, -0.1) is 11.3 Å². The maximum Gasteiger partial charge on any atom is 0.250 e. The third-order valence-corrected chi connectivity index (χ3v) is 5.75. The van der Waals surface area contributed by atoms with Crippen molar-refractivity contribution >= 4 is 21.4 Å². The van der Waals surface area contributed by atoms with E-state index in [0.717, 1.165) is 10.4 Å². The Kier molecular flexibility index (Phi) is 5.46. The second kappa shape index (κ2) is 7.13. The first-order valence-corrected chi connectivity index (χ1v) is 8.98. The van der Waals surface area contributed by atoms with Crippen LogP contribution in [0.2, 0.25) is 0 Å². The zero-order valence-electron chi connectivity index (χ0n) is 12.0. The smallest absolute Gasteiger partial charge is 0.250 e. The molecule has 0 amide bonds. The van der Waals surface area contributed by atoms with Gasteiger partial charge in [0, 0.05) is 36.4 Å². The van der Waals surface area contributed by atoms with E-state index in [1.807, 2.05) is 12.1 Å². The van der Waals surface area contributed by atoms with Gasteiger partial charge in [-0.2, -0.15) is 0 Å². The zero-order valence-corrected chi connectivity index (χ0v) is 13.7. The Morgan fingerprint density at radius 1 is 1.24 bits per heavy atom. The molecule has 2 rings (SSSR count). The van der Waals surface area contributed by atoms with Crippen LogP contribution in [0.1, 0.15) is 24.3 Å². The molecule has 0 radical (unpaired) electrons. The Labute approximate surface area is 129 Å². The van der Waals surface area contributed by atoms with E-state index in [4.69, 9.17) is 0 Å². The van der Waals surface area contributed by atoms with Crippen LogP contribution in [0.4, 0.5) is 0 Å². The maximum absolute atomic E-state index is 12.2. The van der Waals surface area contributed by atoms with Crippen LogP contribution < -0.4 is 10.0 Å².